The topological polar surface area (TPSA) is 52.1 Å². The molecular formula is C19H16N2O2S. The van der Waals surface area contributed by atoms with Crippen LogP contribution in [0.3, 0.4) is 0 Å². The fourth-order valence-corrected chi connectivity index (χ4v) is 3.36. The predicted molar refractivity (Wildman–Crippen MR) is 96.1 cm³/mol. The highest BCUT2D eigenvalue weighted by Gasteiger charge is 2.12. The van der Waals surface area contributed by atoms with Crippen molar-refractivity contribution in [1.82, 2.24) is 10.2 Å². The minimum absolute atomic E-state index is 0.524. The van der Waals surface area contributed by atoms with Crippen molar-refractivity contribution < 1.29 is 8.83 Å². The van der Waals surface area contributed by atoms with E-state index in [0.717, 1.165) is 33.4 Å². The Hall–Kier alpha value is -2.53. The van der Waals surface area contributed by atoms with E-state index in [9.17, 15) is 0 Å². The minimum atomic E-state index is 0.524. The summed E-state index contributed by atoms with van der Waals surface area (Å²) in [5, 5.41) is 9.03. The van der Waals surface area contributed by atoms with Crippen molar-refractivity contribution in [2.75, 3.05) is 5.75 Å². The molecule has 0 saturated heterocycles. The molecule has 4 rings (SSSR count). The van der Waals surface area contributed by atoms with Crippen LogP contribution in [-0.4, -0.2) is 16.0 Å². The van der Waals surface area contributed by atoms with Crippen LogP contribution in [0.15, 0.2) is 62.5 Å². The summed E-state index contributed by atoms with van der Waals surface area (Å²) < 4.78 is 11.2. The largest absolute Gasteiger partial charge is 0.464 e. The molecule has 5 heteroatoms. The maximum Gasteiger partial charge on any atom is 0.247 e. The summed E-state index contributed by atoms with van der Waals surface area (Å²) in [6, 6.07) is 14.5. The molecule has 4 nitrogen and oxygen atoms in total. The number of hydrogen-bond acceptors (Lipinski definition) is 5. The number of hydrogen-bond donors (Lipinski definition) is 0. The molecule has 24 heavy (non-hydrogen) atoms. The molecule has 2 heterocycles. The Morgan fingerprint density at radius 1 is 1.00 bits per heavy atom. The molecule has 0 amide bonds. The average molecular weight is 336 g/mol. The minimum Gasteiger partial charge on any atom is -0.464 e. The maximum atomic E-state index is 5.71. The third-order valence-corrected chi connectivity index (χ3v) is 4.72. The lowest BCUT2D eigenvalue weighted by Gasteiger charge is -2.02. The number of thioether (sulfide) groups is 1. The van der Waals surface area contributed by atoms with Gasteiger partial charge in [0.1, 0.15) is 5.58 Å². The van der Waals surface area contributed by atoms with Crippen LogP contribution in [0.4, 0.5) is 0 Å². The van der Waals surface area contributed by atoms with E-state index in [1.807, 2.05) is 30.0 Å². The van der Waals surface area contributed by atoms with E-state index in [4.69, 9.17) is 8.83 Å². The van der Waals surface area contributed by atoms with Gasteiger partial charge in [-0.3, -0.25) is 0 Å². The van der Waals surface area contributed by atoms with Crippen molar-refractivity contribution in [1.29, 1.82) is 0 Å². The molecule has 0 atom stereocenters. The van der Waals surface area contributed by atoms with E-state index in [0.29, 0.717) is 11.8 Å². The molecule has 0 bridgehead atoms. The highest BCUT2D eigenvalue weighted by atomic mass is 32.2. The number of rotatable bonds is 4. The first-order valence-electron chi connectivity index (χ1n) is 7.79. The molecule has 0 unspecified atom stereocenters. The van der Waals surface area contributed by atoms with Crippen molar-refractivity contribution in [3.8, 4) is 22.6 Å². The molecule has 0 N–H and O–H groups in total. The highest BCUT2D eigenvalue weighted by molar-refractivity contribution is 7.99. The van der Waals surface area contributed by atoms with Crippen LogP contribution in [0, 0.1) is 6.92 Å². The molecule has 120 valence electrons. The van der Waals surface area contributed by atoms with Gasteiger partial charge in [0, 0.05) is 28.3 Å². The van der Waals surface area contributed by atoms with Gasteiger partial charge in [-0.15, -0.1) is 22.0 Å². The molecule has 0 aliphatic heterocycles. The summed E-state index contributed by atoms with van der Waals surface area (Å²) in [6.07, 6.45) is 1.80. The summed E-state index contributed by atoms with van der Waals surface area (Å²) in [4.78, 5) is 1.27. The molecule has 2 aromatic heterocycles. The Morgan fingerprint density at radius 2 is 1.79 bits per heavy atom. The third kappa shape index (κ3) is 2.71. The van der Waals surface area contributed by atoms with Crippen LogP contribution >= 0.6 is 11.8 Å². The van der Waals surface area contributed by atoms with Gasteiger partial charge in [-0.25, -0.2) is 0 Å². The zero-order chi connectivity index (χ0) is 16.5. The molecule has 4 aromatic rings. The molecule has 0 spiro atoms. The molecular weight excluding hydrogens is 320 g/mol. The normalized spacial score (nSPS) is 11.2. The molecule has 0 saturated carbocycles. The number of furan rings is 1. The van der Waals surface area contributed by atoms with E-state index < -0.39 is 0 Å². The Morgan fingerprint density at radius 3 is 2.50 bits per heavy atom. The van der Waals surface area contributed by atoms with E-state index in [1.54, 1.807) is 13.2 Å². The van der Waals surface area contributed by atoms with E-state index in [1.165, 1.54) is 4.90 Å². The van der Waals surface area contributed by atoms with Crippen molar-refractivity contribution >= 4 is 22.7 Å². The van der Waals surface area contributed by atoms with Crippen molar-refractivity contribution in [3.05, 3.63) is 54.6 Å². The van der Waals surface area contributed by atoms with Gasteiger partial charge in [0.2, 0.25) is 11.8 Å². The summed E-state index contributed by atoms with van der Waals surface area (Å²) in [5.41, 5.74) is 3.94. The predicted octanol–water partition coefficient (Wildman–Crippen LogP) is 5.57. The van der Waals surface area contributed by atoms with E-state index in [-0.39, 0.29) is 0 Å². The monoisotopic (exact) mass is 336 g/mol. The zero-order valence-corrected chi connectivity index (χ0v) is 14.3. The lowest BCUT2D eigenvalue weighted by atomic mass is 10.0. The molecule has 0 aliphatic rings. The lowest BCUT2D eigenvalue weighted by molar-refractivity contribution is 0.533. The quantitative estimate of drug-likeness (QED) is 0.456. The number of aromatic nitrogens is 2. The van der Waals surface area contributed by atoms with Gasteiger partial charge in [-0.2, -0.15) is 0 Å². The average Bonchev–Trinajstić information content (AvgIpc) is 3.21. The van der Waals surface area contributed by atoms with Crippen LogP contribution in [0.1, 0.15) is 12.8 Å². The van der Waals surface area contributed by atoms with Crippen LogP contribution in [0.2, 0.25) is 0 Å². The lowest BCUT2D eigenvalue weighted by Crippen LogP contribution is -1.80. The first-order valence-corrected chi connectivity index (χ1v) is 8.78. The van der Waals surface area contributed by atoms with E-state index >= 15 is 0 Å². The number of benzene rings is 2. The van der Waals surface area contributed by atoms with Gasteiger partial charge < -0.3 is 8.83 Å². The van der Waals surface area contributed by atoms with Crippen molar-refractivity contribution in [2.24, 2.45) is 0 Å². The smallest absolute Gasteiger partial charge is 0.247 e. The van der Waals surface area contributed by atoms with Crippen molar-refractivity contribution in [3.63, 3.8) is 0 Å². The van der Waals surface area contributed by atoms with Crippen LogP contribution in [0.5, 0.6) is 0 Å². The Labute approximate surface area is 143 Å². The second kappa shape index (κ2) is 6.17. The van der Waals surface area contributed by atoms with Gasteiger partial charge in [-0.1, -0.05) is 19.1 Å². The van der Waals surface area contributed by atoms with Crippen LogP contribution in [0.25, 0.3) is 33.6 Å². The van der Waals surface area contributed by atoms with Crippen LogP contribution in [-0.2, 0) is 0 Å². The summed E-state index contributed by atoms with van der Waals surface area (Å²) in [7, 11) is 0. The van der Waals surface area contributed by atoms with Gasteiger partial charge >= 0.3 is 0 Å². The number of aryl methyl sites for hydroxylation is 1. The zero-order valence-electron chi connectivity index (χ0n) is 13.4. The van der Waals surface area contributed by atoms with Crippen molar-refractivity contribution in [2.45, 2.75) is 18.7 Å². The van der Waals surface area contributed by atoms with Crippen LogP contribution < -0.4 is 0 Å². The Kier molecular flexibility index (Phi) is 3.86. The Bertz CT molecular complexity index is 986. The number of nitrogens with zero attached hydrogens (tertiary/aromatic N) is 2. The van der Waals surface area contributed by atoms with Gasteiger partial charge in [0.15, 0.2) is 0 Å². The van der Waals surface area contributed by atoms with E-state index in [2.05, 4.69) is 41.4 Å². The molecule has 0 radical (unpaired) electrons. The third-order valence-electron chi connectivity index (χ3n) is 3.82. The molecule has 2 aromatic carbocycles. The Balaban J connectivity index is 1.78. The maximum absolute atomic E-state index is 5.71. The first-order chi connectivity index (χ1) is 11.7. The molecule has 0 aliphatic carbocycles. The van der Waals surface area contributed by atoms with Gasteiger partial charge in [0.25, 0.3) is 0 Å². The number of fused-ring (bicyclic) bond motifs is 1. The SMILES string of the molecule is CCSc1ccc(-c2coc3ccc(-c4nnc(C)o4)cc23)cc1. The highest BCUT2D eigenvalue weighted by Crippen LogP contribution is 2.34. The summed E-state index contributed by atoms with van der Waals surface area (Å²) >= 11 is 1.84. The first kappa shape index (κ1) is 15.0. The molecule has 0 fully saturated rings. The summed E-state index contributed by atoms with van der Waals surface area (Å²) in [5.74, 6) is 2.15. The standard InChI is InChI=1S/C19H16N2O2S/c1-3-24-15-7-4-13(5-8-15)17-11-22-18-9-6-14(10-16(17)18)19-21-20-12(2)23-19/h4-11H,3H2,1-2H3. The second-order valence-corrected chi connectivity index (χ2v) is 6.78. The van der Waals surface area contributed by atoms with Gasteiger partial charge in [0.05, 0.1) is 6.26 Å². The summed E-state index contributed by atoms with van der Waals surface area (Å²) in [6.45, 7) is 3.94. The fraction of sp³-hybridized carbons (Fsp3) is 0.158. The fourth-order valence-electron chi connectivity index (χ4n) is 2.70. The second-order valence-electron chi connectivity index (χ2n) is 5.44. The van der Waals surface area contributed by atoms with Gasteiger partial charge in [-0.05, 0) is 41.6 Å².